The maximum Gasteiger partial charge on any atom is 0.288 e. The summed E-state index contributed by atoms with van der Waals surface area (Å²) in [5.41, 5.74) is 5.35. The number of likely N-dealkylation sites (N-methyl/N-ethyl adjacent to an activating group) is 1. The third kappa shape index (κ3) is 3.78. The van der Waals surface area contributed by atoms with Crippen LogP contribution in [0.4, 0.5) is 5.69 Å². The van der Waals surface area contributed by atoms with Crippen molar-refractivity contribution in [3.05, 3.63) is 27.9 Å². The molecule has 0 saturated heterocycles. The van der Waals surface area contributed by atoms with E-state index in [1.165, 1.54) is 18.9 Å². The van der Waals surface area contributed by atoms with E-state index in [2.05, 4.69) is 15.0 Å². The van der Waals surface area contributed by atoms with Crippen LogP contribution in [0, 0.1) is 10.1 Å². The van der Waals surface area contributed by atoms with E-state index in [0.717, 1.165) is 6.20 Å². The van der Waals surface area contributed by atoms with Crippen LogP contribution in [0.2, 0.25) is 0 Å². The van der Waals surface area contributed by atoms with Crippen LogP contribution in [0.15, 0.2) is 17.4 Å². The van der Waals surface area contributed by atoms with Crippen LogP contribution in [0.5, 0.6) is 5.88 Å². The highest BCUT2D eigenvalue weighted by atomic mass is 16.6. The molecule has 21 heavy (non-hydrogen) atoms. The number of nitrogens with zero attached hydrogens (tertiary/aromatic N) is 4. The summed E-state index contributed by atoms with van der Waals surface area (Å²) in [5.74, 6) is -0.170. The molecule has 1 heterocycles. The van der Waals surface area contributed by atoms with Gasteiger partial charge in [-0.25, -0.2) is 4.98 Å². The number of rotatable bonds is 7. The summed E-state index contributed by atoms with van der Waals surface area (Å²) in [5, 5.41) is 22.3. The molecule has 0 spiro atoms. The maximum absolute atomic E-state index is 10.7. The quantitative estimate of drug-likeness (QED) is 0.247. The fourth-order valence-electron chi connectivity index (χ4n) is 1.88. The van der Waals surface area contributed by atoms with Gasteiger partial charge in [0.2, 0.25) is 5.88 Å². The topological polar surface area (TPSA) is 127 Å². The molecule has 0 bridgehead atoms. The highest BCUT2D eigenvalue weighted by Gasteiger charge is 2.25. The molecule has 0 atom stereocenters. The molecule has 9 heteroatoms. The Balaban J connectivity index is 2.07. The second-order valence-corrected chi connectivity index (χ2v) is 4.85. The largest absolute Gasteiger partial charge is 0.476 e. The number of nitrogens with two attached hydrogens (primary N) is 1. The molecule has 0 radical (unpaired) electrons. The lowest BCUT2D eigenvalue weighted by Crippen LogP contribution is -2.27. The lowest BCUT2D eigenvalue weighted by atomic mass is 10.2. The van der Waals surface area contributed by atoms with E-state index in [-0.39, 0.29) is 23.0 Å². The number of hydrogen-bond acceptors (Lipinski definition) is 7. The van der Waals surface area contributed by atoms with Gasteiger partial charge in [0.25, 0.3) is 5.69 Å². The van der Waals surface area contributed by atoms with E-state index in [1.54, 1.807) is 0 Å². The zero-order valence-electron chi connectivity index (χ0n) is 11.6. The average molecular weight is 295 g/mol. The lowest BCUT2D eigenvalue weighted by molar-refractivity contribution is -0.385. The van der Waals surface area contributed by atoms with Crippen molar-refractivity contribution in [3.8, 4) is 5.88 Å². The van der Waals surface area contributed by atoms with Crippen molar-refractivity contribution in [1.29, 1.82) is 0 Å². The van der Waals surface area contributed by atoms with Crippen molar-refractivity contribution in [2.75, 3.05) is 20.2 Å². The highest BCUT2D eigenvalue weighted by molar-refractivity contribution is 5.99. The first-order valence-electron chi connectivity index (χ1n) is 6.48. The molecule has 1 aliphatic carbocycles. The maximum atomic E-state index is 10.7. The molecule has 1 saturated carbocycles. The van der Waals surface area contributed by atoms with Gasteiger partial charge < -0.3 is 20.6 Å². The van der Waals surface area contributed by atoms with Crippen LogP contribution in [0.1, 0.15) is 18.4 Å². The summed E-state index contributed by atoms with van der Waals surface area (Å²) >= 11 is 0. The minimum Gasteiger partial charge on any atom is -0.476 e. The van der Waals surface area contributed by atoms with Crippen molar-refractivity contribution in [3.63, 3.8) is 0 Å². The van der Waals surface area contributed by atoms with E-state index >= 15 is 0 Å². The van der Waals surface area contributed by atoms with Crippen molar-refractivity contribution < 1.29 is 14.9 Å². The van der Waals surface area contributed by atoms with E-state index in [4.69, 9.17) is 15.7 Å². The Kier molecular flexibility index (Phi) is 4.53. The summed E-state index contributed by atoms with van der Waals surface area (Å²) in [6.45, 7) is 1.07. The molecule has 0 amide bonds. The smallest absolute Gasteiger partial charge is 0.288 e. The Bertz CT molecular complexity index is 559. The number of hydrogen-bond donors (Lipinski definition) is 2. The predicted octanol–water partition coefficient (Wildman–Crippen LogP) is 0.557. The summed E-state index contributed by atoms with van der Waals surface area (Å²) in [6, 6.07) is 1.78. The van der Waals surface area contributed by atoms with Gasteiger partial charge in [0.05, 0.1) is 10.5 Å². The summed E-state index contributed by atoms with van der Waals surface area (Å²) < 4.78 is 5.50. The van der Waals surface area contributed by atoms with Crippen molar-refractivity contribution in [1.82, 2.24) is 9.88 Å². The number of oxime groups is 1. The van der Waals surface area contributed by atoms with E-state index < -0.39 is 4.92 Å². The van der Waals surface area contributed by atoms with Crippen molar-refractivity contribution in [2.45, 2.75) is 18.9 Å². The molecule has 1 fully saturated rings. The monoisotopic (exact) mass is 295 g/mol. The first-order chi connectivity index (χ1) is 10.0. The Labute approximate surface area is 121 Å². The van der Waals surface area contributed by atoms with Crippen LogP contribution in [-0.4, -0.2) is 52.1 Å². The lowest BCUT2D eigenvalue weighted by Gasteiger charge is -2.16. The summed E-state index contributed by atoms with van der Waals surface area (Å²) in [7, 11) is 2.01. The molecule has 114 valence electrons. The van der Waals surface area contributed by atoms with E-state index in [0.29, 0.717) is 19.2 Å². The minimum atomic E-state index is -0.605. The zero-order valence-corrected chi connectivity index (χ0v) is 11.6. The number of ether oxygens (including phenoxy) is 1. The number of nitro groups is 1. The number of pyridine rings is 1. The highest BCUT2D eigenvalue weighted by Crippen LogP contribution is 2.25. The van der Waals surface area contributed by atoms with Crippen LogP contribution >= 0.6 is 0 Å². The molecule has 1 aromatic rings. The zero-order chi connectivity index (χ0) is 15.4. The first kappa shape index (κ1) is 15.0. The molecular formula is C12H17N5O4. The number of aromatic nitrogens is 1. The van der Waals surface area contributed by atoms with Crippen LogP contribution in [0.3, 0.4) is 0 Å². The molecule has 1 aromatic heterocycles. The van der Waals surface area contributed by atoms with Gasteiger partial charge in [-0.15, -0.1) is 0 Å². The minimum absolute atomic E-state index is 0.0979. The van der Waals surface area contributed by atoms with Crippen molar-refractivity contribution >= 4 is 11.5 Å². The molecule has 0 unspecified atom stereocenters. The van der Waals surface area contributed by atoms with Gasteiger partial charge in [-0.3, -0.25) is 10.1 Å². The fraction of sp³-hybridized carbons (Fsp3) is 0.500. The van der Waals surface area contributed by atoms with E-state index in [9.17, 15) is 10.1 Å². The van der Waals surface area contributed by atoms with Gasteiger partial charge >= 0.3 is 0 Å². The molecule has 0 aromatic carbocycles. The molecule has 0 aliphatic heterocycles. The van der Waals surface area contributed by atoms with Gasteiger partial charge in [0.15, 0.2) is 5.84 Å². The Morgan fingerprint density at radius 2 is 2.43 bits per heavy atom. The first-order valence-corrected chi connectivity index (χ1v) is 6.48. The predicted molar refractivity (Wildman–Crippen MR) is 74.5 cm³/mol. The molecule has 1 aliphatic rings. The third-order valence-corrected chi connectivity index (χ3v) is 3.28. The van der Waals surface area contributed by atoms with Crippen LogP contribution in [-0.2, 0) is 0 Å². The summed E-state index contributed by atoms with van der Waals surface area (Å²) in [6.07, 6.45) is 3.47. The summed E-state index contributed by atoms with van der Waals surface area (Å²) in [4.78, 5) is 16.2. The van der Waals surface area contributed by atoms with Gasteiger partial charge in [-0.05, 0) is 19.9 Å². The van der Waals surface area contributed by atoms with Crippen molar-refractivity contribution in [2.24, 2.45) is 10.9 Å². The average Bonchev–Trinajstić information content (AvgIpc) is 3.31. The fourth-order valence-corrected chi connectivity index (χ4v) is 1.88. The normalized spacial score (nSPS) is 15.2. The van der Waals surface area contributed by atoms with Crippen LogP contribution in [0.25, 0.3) is 0 Å². The van der Waals surface area contributed by atoms with Gasteiger partial charge in [0, 0.05) is 18.7 Å². The second-order valence-electron chi connectivity index (χ2n) is 4.85. The molecule has 9 nitrogen and oxygen atoms in total. The third-order valence-electron chi connectivity index (χ3n) is 3.28. The second kappa shape index (κ2) is 6.35. The Hall–Kier alpha value is -2.42. The number of amidine groups is 1. The Morgan fingerprint density at radius 1 is 1.71 bits per heavy atom. The molecule has 3 N–H and O–H groups in total. The van der Waals surface area contributed by atoms with Gasteiger partial charge in [-0.1, -0.05) is 5.16 Å². The molecular weight excluding hydrogens is 278 g/mol. The van der Waals surface area contributed by atoms with Gasteiger partial charge in [0.1, 0.15) is 12.8 Å². The Morgan fingerprint density at radius 3 is 3.00 bits per heavy atom. The van der Waals surface area contributed by atoms with E-state index in [1.807, 2.05) is 7.05 Å². The standard InChI is InChI=1S/C12H17N5O4/c1-16(8-2-3-8)4-5-21-12-10(11(13)15-18)6-9(7-14-12)17(19)20/h6-8,18H,2-5H2,1H3,(H2,13,15). The van der Waals surface area contributed by atoms with Gasteiger partial charge in [-0.2, -0.15) is 0 Å². The molecule has 2 rings (SSSR count). The van der Waals surface area contributed by atoms with Crippen LogP contribution < -0.4 is 10.5 Å². The SMILES string of the molecule is CN(CCOc1ncc([N+](=O)[O-])cc1C(N)=NO)C1CC1.